The molecule has 98 valence electrons. The number of nitrogens with one attached hydrogen (secondary N) is 2. The smallest absolute Gasteiger partial charge is 0.223 e. The quantitative estimate of drug-likeness (QED) is 0.883. The highest BCUT2D eigenvalue weighted by Gasteiger charge is 2.21. The molecule has 1 heterocycles. The first kappa shape index (κ1) is 13.3. The van der Waals surface area contributed by atoms with Crippen LogP contribution in [0.15, 0.2) is 18.2 Å². The lowest BCUT2D eigenvalue weighted by Crippen LogP contribution is -2.38. The molecule has 0 aromatic heterocycles. The van der Waals surface area contributed by atoms with Crippen LogP contribution in [-0.2, 0) is 11.3 Å². The second-order valence-electron chi connectivity index (χ2n) is 4.44. The molecule has 18 heavy (non-hydrogen) atoms. The lowest BCUT2D eigenvalue weighted by Gasteiger charge is -2.21. The lowest BCUT2D eigenvalue weighted by atomic mass is 9.97. The molecule has 0 radical (unpaired) electrons. The Morgan fingerprint density at radius 2 is 2.17 bits per heavy atom. The molecule has 1 fully saturated rings. The third kappa shape index (κ3) is 3.21. The summed E-state index contributed by atoms with van der Waals surface area (Å²) >= 11 is 5.90. The van der Waals surface area contributed by atoms with E-state index in [4.69, 9.17) is 11.6 Å². The Morgan fingerprint density at radius 1 is 1.44 bits per heavy atom. The third-order valence-corrected chi connectivity index (χ3v) is 3.57. The van der Waals surface area contributed by atoms with E-state index in [1.165, 1.54) is 6.07 Å². The van der Waals surface area contributed by atoms with Crippen LogP contribution in [-0.4, -0.2) is 19.0 Å². The first-order valence-electron chi connectivity index (χ1n) is 6.10. The van der Waals surface area contributed by atoms with Gasteiger partial charge in [-0.3, -0.25) is 4.79 Å². The number of carbonyl (C=O) groups is 1. The number of amides is 1. The summed E-state index contributed by atoms with van der Waals surface area (Å²) in [5.74, 6) is -0.374. The Bertz CT molecular complexity index is 413. The Balaban J connectivity index is 1.92. The molecule has 0 saturated carbocycles. The summed E-state index contributed by atoms with van der Waals surface area (Å²) in [6.07, 6.45) is 1.66. The summed E-state index contributed by atoms with van der Waals surface area (Å²) in [5, 5.41) is 6.31. The van der Waals surface area contributed by atoms with E-state index < -0.39 is 0 Å². The van der Waals surface area contributed by atoms with Crippen LogP contribution >= 0.6 is 11.6 Å². The van der Waals surface area contributed by atoms with Gasteiger partial charge in [-0.15, -0.1) is 0 Å². The van der Waals surface area contributed by atoms with E-state index in [9.17, 15) is 9.18 Å². The van der Waals surface area contributed by atoms with E-state index in [1.54, 1.807) is 12.1 Å². The molecule has 0 atom stereocenters. The van der Waals surface area contributed by atoms with Gasteiger partial charge >= 0.3 is 0 Å². The molecule has 1 aliphatic rings. The highest BCUT2D eigenvalue weighted by atomic mass is 35.5. The van der Waals surface area contributed by atoms with E-state index in [-0.39, 0.29) is 24.2 Å². The second kappa shape index (κ2) is 6.16. The third-order valence-electron chi connectivity index (χ3n) is 3.21. The molecule has 1 aliphatic heterocycles. The summed E-state index contributed by atoms with van der Waals surface area (Å²) < 4.78 is 13.5. The van der Waals surface area contributed by atoms with E-state index in [0.29, 0.717) is 10.6 Å². The summed E-state index contributed by atoms with van der Waals surface area (Å²) in [6, 6.07) is 4.52. The molecular formula is C13H16ClFN2O. The van der Waals surface area contributed by atoms with Crippen LogP contribution < -0.4 is 10.6 Å². The van der Waals surface area contributed by atoms with Crippen molar-refractivity contribution in [2.45, 2.75) is 19.4 Å². The molecule has 0 unspecified atom stereocenters. The predicted molar refractivity (Wildman–Crippen MR) is 68.9 cm³/mol. The molecule has 3 nitrogen and oxygen atoms in total. The van der Waals surface area contributed by atoms with Crippen molar-refractivity contribution < 1.29 is 9.18 Å². The zero-order valence-electron chi connectivity index (χ0n) is 10.0. The van der Waals surface area contributed by atoms with Crippen molar-refractivity contribution in [1.82, 2.24) is 10.6 Å². The van der Waals surface area contributed by atoms with Crippen molar-refractivity contribution in [3.63, 3.8) is 0 Å². The summed E-state index contributed by atoms with van der Waals surface area (Å²) in [4.78, 5) is 11.9. The average molecular weight is 271 g/mol. The van der Waals surface area contributed by atoms with Gasteiger partial charge in [0, 0.05) is 23.0 Å². The molecule has 1 aromatic carbocycles. The standard InChI is InChI=1S/C13H16ClFN2O/c14-11-2-1-3-12(15)10(11)8-17-13(18)9-4-6-16-7-5-9/h1-3,9,16H,4-8H2,(H,17,18). The number of halogens is 2. The number of rotatable bonds is 3. The van der Waals surface area contributed by atoms with Gasteiger partial charge < -0.3 is 10.6 Å². The Hall–Kier alpha value is -1.13. The van der Waals surface area contributed by atoms with Gasteiger partial charge in [-0.2, -0.15) is 0 Å². The fourth-order valence-corrected chi connectivity index (χ4v) is 2.33. The van der Waals surface area contributed by atoms with Crippen LogP contribution in [0.25, 0.3) is 0 Å². The first-order chi connectivity index (χ1) is 8.68. The predicted octanol–water partition coefficient (Wildman–Crippen LogP) is 2.09. The topological polar surface area (TPSA) is 41.1 Å². The molecule has 1 aromatic rings. The minimum Gasteiger partial charge on any atom is -0.352 e. The van der Waals surface area contributed by atoms with E-state index >= 15 is 0 Å². The zero-order valence-corrected chi connectivity index (χ0v) is 10.8. The highest BCUT2D eigenvalue weighted by Crippen LogP contribution is 2.19. The number of piperidine rings is 1. The molecule has 0 aliphatic carbocycles. The number of carbonyl (C=O) groups excluding carboxylic acids is 1. The van der Waals surface area contributed by atoms with Crippen LogP contribution in [0.2, 0.25) is 5.02 Å². The maximum atomic E-state index is 13.5. The van der Waals surface area contributed by atoms with Crippen LogP contribution in [0.4, 0.5) is 4.39 Å². The minimum atomic E-state index is -0.381. The van der Waals surface area contributed by atoms with E-state index in [2.05, 4.69) is 10.6 Å². The van der Waals surface area contributed by atoms with Crippen LogP contribution in [0.5, 0.6) is 0 Å². The van der Waals surface area contributed by atoms with Gasteiger partial charge in [-0.25, -0.2) is 4.39 Å². The SMILES string of the molecule is O=C(NCc1c(F)cccc1Cl)C1CCNCC1. The zero-order chi connectivity index (χ0) is 13.0. The molecule has 0 bridgehead atoms. The van der Waals surface area contributed by atoms with Crippen LogP contribution in [0, 0.1) is 11.7 Å². The fraction of sp³-hybridized carbons (Fsp3) is 0.462. The van der Waals surface area contributed by atoms with Gasteiger partial charge in [0.25, 0.3) is 0 Å². The maximum absolute atomic E-state index is 13.5. The maximum Gasteiger partial charge on any atom is 0.223 e. The lowest BCUT2D eigenvalue weighted by molar-refractivity contribution is -0.125. The first-order valence-corrected chi connectivity index (χ1v) is 6.47. The van der Waals surface area contributed by atoms with Crippen molar-refractivity contribution in [1.29, 1.82) is 0 Å². The Kier molecular flexibility index (Phi) is 4.55. The summed E-state index contributed by atoms with van der Waals surface area (Å²) in [7, 11) is 0. The van der Waals surface area contributed by atoms with Crippen LogP contribution in [0.1, 0.15) is 18.4 Å². The van der Waals surface area contributed by atoms with Gasteiger partial charge in [0.1, 0.15) is 5.82 Å². The molecule has 2 N–H and O–H groups in total. The molecule has 1 amide bonds. The van der Waals surface area contributed by atoms with Crippen molar-refractivity contribution in [2.24, 2.45) is 5.92 Å². The second-order valence-corrected chi connectivity index (χ2v) is 4.85. The summed E-state index contributed by atoms with van der Waals surface area (Å²) in [5.41, 5.74) is 0.349. The van der Waals surface area contributed by atoms with Gasteiger partial charge in [0.15, 0.2) is 0 Å². The number of hydrogen-bond donors (Lipinski definition) is 2. The summed E-state index contributed by atoms with van der Waals surface area (Å²) in [6.45, 7) is 1.87. The minimum absolute atomic E-state index is 0.0178. The van der Waals surface area contributed by atoms with Crippen molar-refractivity contribution in [2.75, 3.05) is 13.1 Å². The van der Waals surface area contributed by atoms with Gasteiger partial charge in [0.2, 0.25) is 5.91 Å². The van der Waals surface area contributed by atoms with E-state index in [1.807, 2.05) is 0 Å². The van der Waals surface area contributed by atoms with Gasteiger partial charge in [-0.1, -0.05) is 17.7 Å². The average Bonchev–Trinajstić information content (AvgIpc) is 2.39. The molecule has 0 spiro atoms. The van der Waals surface area contributed by atoms with Crippen LogP contribution in [0.3, 0.4) is 0 Å². The Labute approximate surface area is 111 Å². The Morgan fingerprint density at radius 3 is 2.83 bits per heavy atom. The highest BCUT2D eigenvalue weighted by molar-refractivity contribution is 6.31. The van der Waals surface area contributed by atoms with Crippen molar-refractivity contribution in [3.8, 4) is 0 Å². The number of benzene rings is 1. The van der Waals surface area contributed by atoms with E-state index in [0.717, 1.165) is 25.9 Å². The van der Waals surface area contributed by atoms with Gasteiger partial charge in [0.05, 0.1) is 0 Å². The fourth-order valence-electron chi connectivity index (χ4n) is 2.11. The molecule has 2 rings (SSSR count). The normalized spacial score (nSPS) is 16.6. The number of hydrogen-bond acceptors (Lipinski definition) is 2. The monoisotopic (exact) mass is 270 g/mol. The largest absolute Gasteiger partial charge is 0.352 e. The van der Waals surface area contributed by atoms with Gasteiger partial charge in [-0.05, 0) is 38.1 Å². The molecule has 1 saturated heterocycles. The molecule has 5 heteroatoms. The molecular weight excluding hydrogens is 255 g/mol. The van der Waals surface area contributed by atoms with Crippen molar-refractivity contribution in [3.05, 3.63) is 34.6 Å². The van der Waals surface area contributed by atoms with Crippen molar-refractivity contribution >= 4 is 17.5 Å².